The van der Waals surface area contributed by atoms with Gasteiger partial charge in [-0.1, -0.05) is 19.8 Å². The van der Waals surface area contributed by atoms with E-state index in [-0.39, 0.29) is 6.10 Å². The van der Waals surface area contributed by atoms with Gasteiger partial charge in [-0.05, 0) is 67.4 Å². The quantitative estimate of drug-likeness (QED) is 0.603. The lowest BCUT2D eigenvalue weighted by Crippen LogP contribution is -2.15. The molecule has 0 amide bonds. The standard InChI is InChI=1S/C17H28BrNO2/c1-5-7-8-9-19-12-14-10-15(18)17(21-13(3)4)16(11-14)20-6-2/h10-11,13,19H,5-9,12H2,1-4H3. The summed E-state index contributed by atoms with van der Waals surface area (Å²) in [4.78, 5) is 0. The number of unbranched alkanes of at least 4 members (excludes halogenated alkanes) is 2. The van der Waals surface area contributed by atoms with Crippen molar-refractivity contribution in [3.05, 3.63) is 22.2 Å². The third-order valence-electron chi connectivity index (χ3n) is 3.01. The van der Waals surface area contributed by atoms with E-state index in [1.807, 2.05) is 20.8 Å². The smallest absolute Gasteiger partial charge is 0.175 e. The molecule has 3 nitrogen and oxygen atoms in total. The Morgan fingerprint density at radius 2 is 1.95 bits per heavy atom. The van der Waals surface area contributed by atoms with Crippen molar-refractivity contribution in [2.45, 2.75) is 59.6 Å². The van der Waals surface area contributed by atoms with Gasteiger partial charge in [-0.15, -0.1) is 0 Å². The second-order valence-corrected chi connectivity index (χ2v) is 6.24. The van der Waals surface area contributed by atoms with Crippen LogP contribution in [-0.2, 0) is 6.54 Å². The molecule has 0 saturated carbocycles. The van der Waals surface area contributed by atoms with Crippen LogP contribution in [0.3, 0.4) is 0 Å². The van der Waals surface area contributed by atoms with Crippen molar-refractivity contribution in [3.63, 3.8) is 0 Å². The summed E-state index contributed by atoms with van der Waals surface area (Å²) in [6.45, 7) is 10.8. The first-order chi connectivity index (χ1) is 10.1. The predicted molar refractivity (Wildman–Crippen MR) is 92.3 cm³/mol. The second kappa shape index (κ2) is 10.1. The molecule has 0 atom stereocenters. The van der Waals surface area contributed by atoms with E-state index >= 15 is 0 Å². The fourth-order valence-corrected chi connectivity index (χ4v) is 2.65. The maximum atomic E-state index is 5.85. The highest BCUT2D eigenvalue weighted by molar-refractivity contribution is 9.10. The van der Waals surface area contributed by atoms with Crippen LogP contribution in [-0.4, -0.2) is 19.3 Å². The Morgan fingerprint density at radius 3 is 2.57 bits per heavy atom. The highest BCUT2D eigenvalue weighted by atomic mass is 79.9. The molecular weight excluding hydrogens is 330 g/mol. The maximum absolute atomic E-state index is 5.85. The van der Waals surface area contributed by atoms with Crippen LogP contribution in [0.25, 0.3) is 0 Å². The number of nitrogens with one attached hydrogen (secondary N) is 1. The Balaban J connectivity index is 2.73. The third-order valence-corrected chi connectivity index (χ3v) is 3.60. The summed E-state index contributed by atoms with van der Waals surface area (Å²) in [6, 6.07) is 4.17. The van der Waals surface area contributed by atoms with Crippen molar-refractivity contribution in [2.75, 3.05) is 13.2 Å². The summed E-state index contributed by atoms with van der Waals surface area (Å²) >= 11 is 3.60. The van der Waals surface area contributed by atoms with E-state index in [2.05, 4.69) is 40.3 Å². The molecule has 4 heteroatoms. The van der Waals surface area contributed by atoms with Crippen LogP contribution in [0, 0.1) is 0 Å². The van der Waals surface area contributed by atoms with Gasteiger partial charge in [-0.2, -0.15) is 0 Å². The molecule has 0 aliphatic heterocycles. The number of hydrogen-bond acceptors (Lipinski definition) is 3. The molecule has 0 unspecified atom stereocenters. The largest absolute Gasteiger partial charge is 0.490 e. The van der Waals surface area contributed by atoms with Gasteiger partial charge in [0.25, 0.3) is 0 Å². The van der Waals surface area contributed by atoms with Gasteiger partial charge in [0.1, 0.15) is 0 Å². The van der Waals surface area contributed by atoms with Crippen molar-refractivity contribution in [1.82, 2.24) is 5.32 Å². The molecule has 1 aromatic rings. The Bertz CT molecular complexity index is 421. The lowest BCUT2D eigenvalue weighted by atomic mass is 10.2. The number of ether oxygens (including phenoxy) is 2. The molecular formula is C17H28BrNO2. The Kier molecular flexibility index (Phi) is 8.77. The average molecular weight is 358 g/mol. The van der Waals surface area contributed by atoms with Gasteiger partial charge in [0.2, 0.25) is 0 Å². The normalized spacial score (nSPS) is 11.0. The Morgan fingerprint density at radius 1 is 1.19 bits per heavy atom. The van der Waals surface area contributed by atoms with Crippen molar-refractivity contribution >= 4 is 15.9 Å². The Hall–Kier alpha value is -0.740. The summed E-state index contributed by atoms with van der Waals surface area (Å²) < 4.78 is 12.5. The minimum atomic E-state index is 0.124. The molecule has 0 aromatic heterocycles. The van der Waals surface area contributed by atoms with Crippen molar-refractivity contribution in [3.8, 4) is 11.5 Å². The fraction of sp³-hybridized carbons (Fsp3) is 0.647. The van der Waals surface area contributed by atoms with E-state index in [0.717, 1.165) is 29.1 Å². The van der Waals surface area contributed by atoms with Crippen molar-refractivity contribution in [1.29, 1.82) is 0 Å². The lowest BCUT2D eigenvalue weighted by molar-refractivity contribution is 0.222. The minimum Gasteiger partial charge on any atom is -0.490 e. The van der Waals surface area contributed by atoms with Gasteiger partial charge in [0.15, 0.2) is 11.5 Å². The predicted octanol–water partition coefficient (Wildman–Crippen LogP) is 4.91. The minimum absolute atomic E-state index is 0.124. The molecule has 120 valence electrons. The number of rotatable bonds is 10. The summed E-state index contributed by atoms with van der Waals surface area (Å²) in [5, 5.41) is 3.48. The van der Waals surface area contributed by atoms with Crippen LogP contribution in [0.15, 0.2) is 16.6 Å². The molecule has 0 bridgehead atoms. The molecule has 0 saturated heterocycles. The second-order valence-electron chi connectivity index (χ2n) is 5.39. The summed E-state index contributed by atoms with van der Waals surface area (Å²) in [7, 11) is 0. The van der Waals surface area contributed by atoms with E-state index in [9.17, 15) is 0 Å². The summed E-state index contributed by atoms with van der Waals surface area (Å²) in [6.07, 6.45) is 3.88. The van der Waals surface area contributed by atoms with Crippen LogP contribution >= 0.6 is 15.9 Å². The first-order valence-electron chi connectivity index (χ1n) is 7.91. The molecule has 21 heavy (non-hydrogen) atoms. The molecule has 1 N–H and O–H groups in total. The third kappa shape index (κ3) is 6.70. The lowest BCUT2D eigenvalue weighted by Gasteiger charge is -2.17. The zero-order valence-electron chi connectivity index (χ0n) is 13.7. The van der Waals surface area contributed by atoms with Gasteiger partial charge in [-0.25, -0.2) is 0 Å². The van der Waals surface area contributed by atoms with Crippen molar-refractivity contribution < 1.29 is 9.47 Å². The van der Waals surface area contributed by atoms with E-state index in [1.54, 1.807) is 0 Å². The molecule has 0 radical (unpaired) electrons. The molecule has 0 aliphatic rings. The number of hydrogen-bond donors (Lipinski definition) is 1. The zero-order valence-corrected chi connectivity index (χ0v) is 15.3. The van der Waals surface area contributed by atoms with Crippen molar-refractivity contribution in [2.24, 2.45) is 0 Å². The van der Waals surface area contributed by atoms with Crippen LogP contribution in [0.4, 0.5) is 0 Å². The van der Waals surface area contributed by atoms with E-state index in [4.69, 9.17) is 9.47 Å². The topological polar surface area (TPSA) is 30.5 Å². The van der Waals surface area contributed by atoms with Gasteiger partial charge in [-0.3, -0.25) is 0 Å². The highest BCUT2D eigenvalue weighted by Crippen LogP contribution is 2.37. The summed E-state index contributed by atoms with van der Waals surface area (Å²) in [5.41, 5.74) is 1.21. The molecule has 0 heterocycles. The average Bonchev–Trinajstić information content (AvgIpc) is 2.42. The highest BCUT2D eigenvalue weighted by Gasteiger charge is 2.13. The maximum Gasteiger partial charge on any atom is 0.175 e. The molecule has 0 aliphatic carbocycles. The van der Waals surface area contributed by atoms with E-state index in [1.165, 1.54) is 24.8 Å². The summed E-state index contributed by atoms with van der Waals surface area (Å²) in [5.74, 6) is 1.60. The molecule has 1 aromatic carbocycles. The van der Waals surface area contributed by atoms with Gasteiger partial charge in [0, 0.05) is 6.54 Å². The van der Waals surface area contributed by atoms with E-state index < -0.39 is 0 Å². The van der Waals surface area contributed by atoms with E-state index in [0.29, 0.717) is 6.61 Å². The van der Waals surface area contributed by atoms with Crippen LogP contribution in [0.5, 0.6) is 11.5 Å². The molecule has 1 rings (SSSR count). The molecule has 0 spiro atoms. The van der Waals surface area contributed by atoms with Crippen LogP contribution < -0.4 is 14.8 Å². The first kappa shape index (κ1) is 18.3. The zero-order chi connectivity index (χ0) is 15.7. The van der Waals surface area contributed by atoms with Crippen LogP contribution in [0.1, 0.15) is 52.5 Å². The van der Waals surface area contributed by atoms with Gasteiger partial charge >= 0.3 is 0 Å². The molecule has 0 fully saturated rings. The van der Waals surface area contributed by atoms with Gasteiger partial charge < -0.3 is 14.8 Å². The fourth-order valence-electron chi connectivity index (χ4n) is 2.07. The number of halogens is 1. The number of benzene rings is 1. The SMILES string of the molecule is CCCCCNCc1cc(Br)c(OC(C)C)c(OCC)c1. The van der Waals surface area contributed by atoms with Crippen LogP contribution in [0.2, 0.25) is 0 Å². The Labute approximate surface area is 137 Å². The first-order valence-corrected chi connectivity index (χ1v) is 8.70. The monoisotopic (exact) mass is 357 g/mol. The van der Waals surface area contributed by atoms with Gasteiger partial charge in [0.05, 0.1) is 17.2 Å².